The molecule has 1 aromatic heterocycles. The molecule has 9 heteroatoms. The third kappa shape index (κ3) is 4.89. The smallest absolute Gasteiger partial charge is 0.225 e. The highest BCUT2D eigenvalue weighted by Gasteiger charge is 2.31. The van der Waals surface area contributed by atoms with Gasteiger partial charge >= 0.3 is 0 Å². The monoisotopic (exact) mass is 473 g/mol. The van der Waals surface area contributed by atoms with Gasteiger partial charge in [0.25, 0.3) is 0 Å². The van der Waals surface area contributed by atoms with E-state index in [0.717, 1.165) is 31.2 Å². The third-order valence-corrected chi connectivity index (χ3v) is 6.76. The summed E-state index contributed by atoms with van der Waals surface area (Å²) >= 11 is 0. The van der Waals surface area contributed by atoms with Crippen LogP contribution in [0.3, 0.4) is 0 Å². The molecule has 176 valence electrons. The number of hydrogen-bond donors (Lipinski definition) is 4. The molecule has 1 fully saturated rings. The number of hydroxylamine groups is 1. The van der Waals surface area contributed by atoms with Crippen molar-refractivity contribution in [2.24, 2.45) is 5.92 Å². The van der Waals surface area contributed by atoms with Gasteiger partial charge in [-0.25, -0.2) is 12.8 Å². The summed E-state index contributed by atoms with van der Waals surface area (Å²) in [5, 5.41) is 18.3. The van der Waals surface area contributed by atoms with Crippen LogP contribution in [0.2, 0.25) is 0 Å². The largest absolute Gasteiger partial charge is 0.455 e. The molecule has 4 rings (SSSR count). The summed E-state index contributed by atoms with van der Waals surface area (Å²) in [6.45, 7) is 4.60. The summed E-state index contributed by atoms with van der Waals surface area (Å²) in [6.07, 6.45) is 3.58. The molecule has 0 unspecified atom stereocenters. The van der Waals surface area contributed by atoms with Gasteiger partial charge < -0.3 is 4.42 Å². The SMILES string of the molecule is CC(C)CCCN(c1cc2oc(-c3ccc(F)cc3)c(C(=N)NO)c2cc1C1CC1)[SH](=O)=O. The Kier molecular flexibility index (Phi) is 6.71. The van der Waals surface area contributed by atoms with Crippen LogP contribution in [-0.4, -0.2) is 26.0 Å². The number of furan rings is 1. The van der Waals surface area contributed by atoms with Gasteiger partial charge in [-0.1, -0.05) is 13.8 Å². The minimum atomic E-state index is -2.85. The average molecular weight is 474 g/mol. The Balaban J connectivity index is 1.88. The van der Waals surface area contributed by atoms with Crippen LogP contribution in [0.15, 0.2) is 40.8 Å². The number of nitrogens with one attached hydrogen (secondary N) is 2. The molecule has 0 amide bonds. The molecule has 1 heterocycles. The fourth-order valence-corrected chi connectivity index (χ4v) is 4.80. The fraction of sp³-hybridized carbons (Fsp3) is 0.375. The number of benzene rings is 2. The highest BCUT2D eigenvalue weighted by Crippen LogP contribution is 2.47. The van der Waals surface area contributed by atoms with Crippen LogP contribution in [0.4, 0.5) is 10.1 Å². The Morgan fingerprint density at radius 1 is 1.27 bits per heavy atom. The van der Waals surface area contributed by atoms with E-state index in [1.807, 2.05) is 11.5 Å². The summed E-state index contributed by atoms with van der Waals surface area (Å²) in [5.41, 5.74) is 4.65. The molecule has 3 aromatic rings. The summed E-state index contributed by atoms with van der Waals surface area (Å²) < 4.78 is 45.4. The molecule has 1 aliphatic carbocycles. The number of halogens is 1. The van der Waals surface area contributed by atoms with Gasteiger partial charge in [0, 0.05) is 23.6 Å². The van der Waals surface area contributed by atoms with Gasteiger partial charge in [-0.3, -0.25) is 20.4 Å². The van der Waals surface area contributed by atoms with E-state index >= 15 is 0 Å². The molecule has 33 heavy (non-hydrogen) atoms. The minimum absolute atomic E-state index is 0.236. The maximum absolute atomic E-state index is 13.5. The van der Waals surface area contributed by atoms with Crippen LogP contribution >= 0.6 is 0 Å². The highest BCUT2D eigenvalue weighted by atomic mass is 32.2. The van der Waals surface area contributed by atoms with Gasteiger partial charge in [0.2, 0.25) is 10.9 Å². The average Bonchev–Trinajstić information content (AvgIpc) is 3.56. The maximum Gasteiger partial charge on any atom is 0.225 e. The van der Waals surface area contributed by atoms with Gasteiger partial charge in [0.05, 0.1) is 11.3 Å². The lowest BCUT2D eigenvalue weighted by Gasteiger charge is -2.21. The van der Waals surface area contributed by atoms with E-state index in [1.54, 1.807) is 6.07 Å². The molecule has 0 spiro atoms. The number of hydrogen-bond acceptors (Lipinski definition) is 5. The summed E-state index contributed by atoms with van der Waals surface area (Å²) in [7, 11) is -2.85. The van der Waals surface area contributed by atoms with Crippen molar-refractivity contribution >= 4 is 33.4 Å². The van der Waals surface area contributed by atoms with Gasteiger partial charge in [-0.15, -0.1) is 0 Å². The zero-order valence-corrected chi connectivity index (χ0v) is 19.5. The molecule has 0 aliphatic heterocycles. The topological polar surface area (TPSA) is 107 Å². The van der Waals surface area contributed by atoms with Crippen molar-refractivity contribution in [2.75, 3.05) is 10.8 Å². The van der Waals surface area contributed by atoms with E-state index in [-0.39, 0.29) is 11.8 Å². The zero-order valence-electron chi connectivity index (χ0n) is 18.6. The van der Waals surface area contributed by atoms with Crippen LogP contribution < -0.4 is 9.79 Å². The van der Waals surface area contributed by atoms with Crippen LogP contribution in [0.1, 0.15) is 56.6 Å². The number of rotatable bonds is 9. The number of thiol groups is 1. The second kappa shape index (κ2) is 9.52. The quantitative estimate of drug-likeness (QED) is 0.148. The van der Waals surface area contributed by atoms with Gasteiger partial charge in [0.1, 0.15) is 17.2 Å². The van der Waals surface area contributed by atoms with Crippen molar-refractivity contribution in [1.29, 1.82) is 5.41 Å². The number of anilines is 1. The fourth-order valence-electron chi connectivity index (χ4n) is 4.14. The van der Waals surface area contributed by atoms with E-state index in [2.05, 4.69) is 13.8 Å². The molecular weight excluding hydrogens is 445 g/mol. The number of nitrogens with zero attached hydrogens (tertiary/aromatic N) is 1. The van der Waals surface area contributed by atoms with Crippen molar-refractivity contribution in [3.63, 3.8) is 0 Å². The van der Waals surface area contributed by atoms with E-state index in [1.165, 1.54) is 28.6 Å². The third-order valence-electron chi connectivity index (χ3n) is 5.95. The van der Waals surface area contributed by atoms with Crippen LogP contribution in [-0.2, 0) is 10.9 Å². The minimum Gasteiger partial charge on any atom is -0.455 e. The number of fused-ring (bicyclic) bond motifs is 1. The molecule has 0 bridgehead atoms. The normalized spacial score (nSPS) is 13.8. The predicted octanol–water partition coefficient (Wildman–Crippen LogP) is 5.19. The first-order chi connectivity index (χ1) is 15.8. The molecule has 3 N–H and O–H groups in total. The first-order valence-electron chi connectivity index (χ1n) is 11.1. The van der Waals surface area contributed by atoms with Crippen LogP contribution in [0.25, 0.3) is 22.3 Å². The summed E-state index contributed by atoms with van der Waals surface area (Å²) in [4.78, 5) is 0. The lowest BCUT2D eigenvalue weighted by atomic mass is 10.00. The Morgan fingerprint density at radius 2 is 1.97 bits per heavy atom. The Bertz CT molecular complexity index is 1240. The molecule has 1 saturated carbocycles. The molecule has 7 nitrogen and oxygen atoms in total. The summed E-state index contributed by atoms with van der Waals surface area (Å²) in [6, 6.07) is 9.25. The van der Waals surface area contributed by atoms with E-state index in [4.69, 9.17) is 9.83 Å². The molecule has 0 radical (unpaired) electrons. The van der Waals surface area contributed by atoms with Crippen molar-refractivity contribution < 1.29 is 22.4 Å². The molecule has 0 atom stereocenters. The van der Waals surface area contributed by atoms with Crippen LogP contribution in [0.5, 0.6) is 0 Å². The Hall–Kier alpha value is -2.91. The van der Waals surface area contributed by atoms with Crippen molar-refractivity contribution in [2.45, 2.75) is 45.4 Å². The molecule has 0 saturated heterocycles. The van der Waals surface area contributed by atoms with Crippen molar-refractivity contribution in [3.8, 4) is 11.3 Å². The maximum atomic E-state index is 13.5. The van der Waals surface area contributed by atoms with Gasteiger partial charge in [0.15, 0.2) is 5.84 Å². The first-order valence-corrected chi connectivity index (χ1v) is 12.2. The second-order valence-corrected chi connectivity index (χ2v) is 9.84. The van der Waals surface area contributed by atoms with Crippen molar-refractivity contribution in [3.05, 3.63) is 53.3 Å². The molecule has 1 aliphatic rings. The number of amidine groups is 1. The van der Waals surface area contributed by atoms with Crippen molar-refractivity contribution in [1.82, 2.24) is 5.48 Å². The van der Waals surface area contributed by atoms with E-state index < -0.39 is 16.7 Å². The lowest BCUT2D eigenvalue weighted by molar-refractivity contribution is 0.234. The zero-order chi connectivity index (χ0) is 23.7. The standard InChI is InChI=1S/C24H28FN3O4S/c1-14(2)4-3-11-28(33(30)31)20-13-21-19(12-18(20)15-5-6-15)22(24(26)27-29)23(32-21)16-7-9-17(25)10-8-16/h7-10,12-15,29,33H,3-6,11H2,1-2H3,(H2,26,27). The van der Waals surface area contributed by atoms with Gasteiger partial charge in [-0.05, 0) is 73.4 Å². The van der Waals surface area contributed by atoms with E-state index in [0.29, 0.717) is 46.0 Å². The first kappa shape index (κ1) is 23.3. The van der Waals surface area contributed by atoms with Gasteiger partial charge in [-0.2, -0.15) is 0 Å². The second-order valence-electron chi connectivity index (χ2n) is 8.88. The Morgan fingerprint density at radius 3 is 2.55 bits per heavy atom. The summed E-state index contributed by atoms with van der Waals surface area (Å²) in [5.74, 6) is 0.353. The lowest BCUT2D eigenvalue weighted by Crippen LogP contribution is -2.24. The molecular formula is C24H28FN3O4S. The predicted molar refractivity (Wildman–Crippen MR) is 127 cm³/mol. The van der Waals surface area contributed by atoms with Crippen LogP contribution in [0, 0.1) is 17.1 Å². The van der Waals surface area contributed by atoms with E-state index in [9.17, 15) is 18.0 Å². The molecule has 2 aromatic carbocycles. The Labute approximate surface area is 193 Å². The highest BCUT2D eigenvalue weighted by molar-refractivity contribution is 7.74.